The van der Waals surface area contributed by atoms with E-state index < -0.39 is 0 Å². The van der Waals surface area contributed by atoms with Gasteiger partial charge < -0.3 is 4.90 Å². The van der Waals surface area contributed by atoms with E-state index in [1.807, 2.05) is 44.4 Å². The van der Waals surface area contributed by atoms with E-state index in [4.69, 9.17) is 0 Å². The van der Waals surface area contributed by atoms with E-state index in [2.05, 4.69) is 39.0 Å². The molecular weight excluding hydrogens is 338 g/mol. The van der Waals surface area contributed by atoms with E-state index in [1.165, 1.54) is 0 Å². The predicted molar refractivity (Wildman–Crippen MR) is 95.5 cm³/mol. The highest BCUT2D eigenvalue weighted by molar-refractivity contribution is 9.10. The van der Waals surface area contributed by atoms with Crippen molar-refractivity contribution in [2.45, 2.75) is 12.8 Å². The number of anilines is 1. The van der Waals surface area contributed by atoms with Gasteiger partial charge in [0.2, 0.25) is 0 Å². The van der Waals surface area contributed by atoms with Gasteiger partial charge in [-0.1, -0.05) is 30.3 Å². The van der Waals surface area contributed by atoms with Crippen LogP contribution in [-0.4, -0.2) is 19.9 Å². The number of allylic oxidation sites excluding steroid dienone is 1. The molecule has 2 aromatic rings. The van der Waals surface area contributed by atoms with Crippen molar-refractivity contribution in [2.24, 2.45) is 0 Å². The molecule has 112 valence electrons. The maximum atomic E-state index is 12.6. The molecule has 0 saturated heterocycles. The number of aryl methyl sites for hydroxylation is 1. The van der Waals surface area contributed by atoms with Gasteiger partial charge in [-0.25, -0.2) is 0 Å². The Bertz CT molecular complexity index is 762. The molecule has 0 aliphatic heterocycles. The molecule has 2 aromatic carbocycles. The van der Waals surface area contributed by atoms with Gasteiger partial charge >= 0.3 is 0 Å². The van der Waals surface area contributed by atoms with E-state index in [0.717, 1.165) is 45.3 Å². The topological polar surface area (TPSA) is 20.3 Å². The number of rotatable bonds is 2. The minimum atomic E-state index is 0.162. The van der Waals surface area contributed by atoms with Crippen molar-refractivity contribution in [3.63, 3.8) is 0 Å². The lowest BCUT2D eigenvalue weighted by atomic mass is 9.86. The molecule has 2 nitrogen and oxygen atoms in total. The second-order valence-corrected chi connectivity index (χ2v) is 6.62. The third kappa shape index (κ3) is 2.86. The summed E-state index contributed by atoms with van der Waals surface area (Å²) in [5.41, 5.74) is 5.09. The minimum Gasteiger partial charge on any atom is -0.377 e. The fourth-order valence-electron chi connectivity index (χ4n) is 2.83. The molecule has 0 fully saturated rings. The molecule has 3 heteroatoms. The standard InChI is InChI=1S/C19H18BrNO/c1-21(2)18-10-7-13(12-17(18)20)11-15-9-8-14-5-3-4-6-16(14)19(15)22/h3-7,10-12H,8-9H2,1-2H3/b15-11-. The molecule has 0 bridgehead atoms. The number of carbonyl (C=O) groups excluding carboxylic acids is 1. The lowest BCUT2D eigenvalue weighted by Crippen LogP contribution is -2.13. The van der Waals surface area contributed by atoms with Crippen molar-refractivity contribution >= 4 is 33.5 Å². The highest BCUT2D eigenvalue weighted by Gasteiger charge is 2.21. The van der Waals surface area contributed by atoms with Crippen molar-refractivity contribution in [2.75, 3.05) is 19.0 Å². The third-order valence-electron chi connectivity index (χ3n) is 4.01. The summed E-state index contributed by atoms with van der Waals surface area (Å²) >= 11 is 3.60. The van der Waals surface area contributed by atoms with E-state index in [0.29, 0.717) is 0 Å². The van der Waals surface area contributed by atoms with Crippen molar-refractivity contribution in [1.82, 2.24) is 0 Å². The van der Waals surface area contributed by atoms with Gasteiger partial charge in [0.15, 0.2) is 5.78 Å². The third-order valence-corrected chi connectivity index (χ3v) is 4.65. The Morgan fingerprint density at radius 3 is 2.59 bits per heavy atom. The fourth-order valence-corrected chi connectivity index (χ4v) is 3.58. The van der Waals surface area contributed by atoms with Crippen LogP contribution >= 0.6 is 15.9 Å². The number of fused-ring (bicyclic) bond motifs is 1. The molecule has 0 N–H and O–H groups in total. The van der Waals surface area contributed by atoms with E-state index in [-0.39, 0.29) is 5.78 Å². The molecule has 0 saturated carbocycles. The van der Waals surface area contributed by atoms with Crippen LogP contribution in [0.1, 0.15) is 27.9 Å². The summed E-state index contributed by atoms with van der Waals surface area (Å²) in [4.78, 5) is 14.7. The number of Topliss-reactive ketones (excluding diaryl/α,β-unsaturated/α-hetero) is 1. The molecule has 1 aliphatic carbocycles. The van der Waals surface area contributed by atoms with Crippen molar-refractivity contribution in [3.05, 3.63) is 69.2 Å². The van der Waals surface area contributed by atoms with Crippen LogP contribution < -0.4 is 4.90 Å². The quantitative estimate of drug-likeness (QED) is 0.726. The zero-order valence-corrected chi connectivity index (χ0v) is 14.4. The van der Waals surface area contributed by atoms with E-state index >= 15 is 0 Å². The number of nitrogens with zero attached hydrogens (tertiary/aromatic N) is 1. The number of halogens is 1. The molecule has 0 atom stereocenters. The van der Waals surface area contributed by atoms with Gasteiger partial charge in [0.1, 0.15) is 0 Å². The molecule has 0 heterocycles. The zero-order chi connectivity index (χ0) is 15.7. The normalized spacial score (nSPS) is 15.8. The Hall–Kier alpha value is -1.87. The van der Waals surface area contributed by atoms with Gasteiger partial charge in [-0.2, -0.15) is 0 Å². The first-order chi connectivity index (χ1) is 10.6. The molecule has 0 radical (unpaired) electrons. The summed E-state index contributed by atoms with van der Waals surface area (Å²) in [7, 11) is 4.03. The first kappa shape index (κ1) is 15.0. The number of hydrogen-bond acceptors (Lipinski definition) is 2. The molecule has 1 aliphatic rings. The van der Waals surface area contributed by atoms with Crippen LogP contribution in [0.5, 0.6) is 0 Å². The van der Waals surface area contributed by atoms with Crippen molar-refractivity contribution in [1.29, 1.82) is 0 Å². The van der Waals surface area contributed by atoms with Gasteiger partial charge in [-0.05, 0) is 58.1 Å². The maximum absolute atomic E-state index is 12.6. The SMILES string of the molecule is CN(C)c1ccc(/C=C2/CCc3ccccc3C2=O)cc1Br. The van der Waals surface area contributed by atoms with Gasteiger partial charge in [-0.3, -0.25) is 4.79 Å². The monoisotopic (exact) mass is 355 g/mol. The lowest BCUT2D eigenvalue weighted by Gasteiger charge is -2.18. The summed E-state index contributed by atoms with van der Waals surface area (Å²) < 4.78 is 1.04. The highest BCUT2D eigenvalue weighted by Crippen LogP contribution is 2.29. The number of carbonyl (C=O) groups is 1. The van der Waals surface area contributed by atoms with Gasteiger partial charge in [0, 0.05) is 29.7 Å². The molecule has 22 heavy (non-hydrogen) atoms. The summed E-state index contributed by atoms with van der Waals surface area (Å²) in [6.45, 7) is 0. The Balaban J connectivity index is 1.94. The Morgan fingerprint density at radius 2 is 1.86 bits per heavy atom. The largest absolute Gasteiger partial charge is 0.377 e. The number of benzene rings is 2. The molecule has 0 aromatic heterocycles. The zero-order valence-electron chi connectivity index (χ0n) is 12.8. The average molecular weight is 356 g/mol. The molecule has 0 spiro atoms. The van der Waals surface area contributed by atoms with Crippen LogP contribution in [0, 0.1) is 0 Å². The molecule has 3 rings (SSSR count). The fraction of sp³-hybridized carbons (Fsp3) is 0.211. The summed E-state index contributed by atoms with van der Waals surface area (Å²) in [6.07, 6.45) is 3.76. The minimum absolute atomic E-state index is 0.162. The first-order valence-electron chi connectivity index (χ1n) is 7.36. The van der Waals surface area contributed by atoms with Gasteiger partial charge in [0.05, 0.1) is 5.69 Å². The smallest absolute Gasteiger partial charge is 0.189 e. The summed E-state index contributed by atoms with van der Waals surface area (Å²) in [5.74, 6) is 0.162. The number of ketones is 1. The predicted octanol–water partition coefficient (Wildman–Crippen LogP) is 4.73. The van der Waals surface area contributed by atoms with Gasteiger partial charge in [-0.15, -0.1) is 0 Å². The Kier molecular flexibility index (Phi) is 4.16. The lowest BCUT2D eigenvalue weighted by molar-refractivity contribution is 0.102. The van der Waals surface area contributed by atoms with Crippen LogP contribution in [0.4, 0.5) is 5.69 Å². The van der Waals surface area contributed by atoms with E-state index in [1.54, 1.807) is 0 Å². The Labute approximate surface area is 139 Å². The van der Waals surface area contributed by atoms with Crippen LogP contribution in [0.15, 0.2) is 52.5 Å². The molecular formula is C19H18BrNO. The highest BCUT2D eigenvalue weighted by atomic mass is 79.9. The van der Waals surface area contributed by atoms with Gasteiger partial charge in [0.25, 0.3) is 0 Å². The second kappa shape index (κ2) is 6.09. The van der Waals surface area contributed by atoms with Crippen LogP contribution in [-0.2, 0) is 6.42 Å². The molecule has 0 unspecified atom stereocenters. The average Bonchev–Trinajstić information content (AvgIpc) is 2.50. The van der Waals surface area contributed by atoms with Crippen LogP contribution in [0.25, 0.3) is 6.08 Å². The van der Waals surface area contributed by atoms with Crippen molar-refractivity contribution in [3.8, 4) is 0 Å². The number of hydrogen-bond donors (Lipinski definition) is 0. The first-order valence-corrected chi connectivity index (χ1v) is 8.15. The second-order valence-electron chi connectivity index (χ2n) is 5.76. The van der Waals surface area contributed by atoms with Crippen LogP contribution in [0.2, 0.25) is 0 Å². The summed E-state index contributed by atoms with van der Waals surface area (Å²) in [5, 5.41) is 0. The van der Waals surface area contributed by atoms with E-state index in [9.17, 15) is 4.79 Å². The van der Waals surface area contributed by atoms with Crippen molar-refractivity contribution < 1.29 is 4.79 Å². The summed E-state index contributed by atoms with van der Waals surface area (Å²) in [6, 6.07) is 14.1. The maximum Gasteiger partial charge on any atom is 0.189 e. The molecule has 0 amide bonds. The van der Waals surface area contributed by atoms with Crippen LogP contribution in [0.3, 0.4) is 0 Å². The Morgan fingerprint density at radius 1 is 1.09 bits per heavy atom.